The van der Waals surface area contributed by atoms with Gasteiger partial charge in [-0.1, -0.05) is 184 Å². The normalized spacial score (nSPS) is 21.4. The molecule has 4 nitrogen and oxygen atoms in total. The Balaban J connectivity index is 0.00000262. The van der Waals surface area contributed by atoms with Crippen LogP contribution in [0.4, 0.5) is 0 Å². The quantitative estimate of drug-likeness (QED) is 0.175. The molecule has 0 amide bonds. The van der Waals surface area contributed by atoms with E-state index in [2.05, 4.69) is 233 Å². The van der Waals surface area contributed by atoms with Crippen LogP contribution in [0.3, 0.4) is 0 Å². The van der Waals surface area contributed by atoms with Crippen molar-refractivity contribution in [2.75, 3.05) is 13.1 Å². The molecule has 312 valence electrons. The van der Waals surface area contributed by atoms with Gasteiger partial charge in [0.05, 0.1) is 12.1 Å². The Morgan fingerprint density at radius 2 is 0.691 bits per heavy atom. The molecule has 2 bridgehead atoms. The summed E-state index contributed by atoms with van der Waals surface area (Å²) < 4.78 is 6.00. The van der Waals surface area contributed by atoms with Crippen molar-refractivity contribution >= 4 is 73.8 Å². The summed E-state index contributed by atoms with van der Waals surface area (Å²) in [6.45, 7) is 52.2. The monoisotopic (exact) mass is 990 g/mol. The van der Waals surface area contributed by atoms with E-state index < -0.39 is 32.9 Å². The third kappa shape index (κ3) is 9.82. The number of fused-ring (bicyclic) bond motifs is 1. The van der Waals surface area contributed by atoms with Crippen LogP contribution in [-0.2, 0) is 10.9 Å². The predicted molar refractivity (Wildman–Crippen MR) is 261 cm³/mol. The van der Waals surface area contributed by atoms with E-state index in [1.165, 1.54) is 33.2 Å². The van der Waals surface area contributed by atoms with Crippen LogP contribution in [0.1, 0.15) is 117 Å². The number of hydrogen-bond acceptors (Lipinski definition) is 4. The van der Waals surface area contributed by atoms with Crippen molar-refractivity contribution in [3.8, 4) is 0 Å². The summed E-state index contributed by atoms with van der Waals surface area (Å²) >= 11 is 6.00. The number of aliphatic imine (C=N–C) groups is 2. The number of hydrogen-bond donors (Lipinski definition) is 0. The molecule has 0 aliphatic heterocycles. The molecule has 0 spiro atoms. The SMILES string of the molecule is CC(C)(C)[Si](C)(C)N(CC=N[C@@H]1C2c3ccccc3C(c3ccccc32)[C@H]1N=CCN([Si](C)(C)C(C)(C)C)[Si](C)(C)C(C)(C)C)[Si](C)(C)C(C)(C)C.[Br][Ni+2][Br]. The first-order valence-electron chi connectivity index (χ1n) is 20.4. The molecule has 3 aliphatic rings. The van der Waals surface area contributed by atoms with Gasteiger partial charge in [0.2, 0.25) is 0 Å². The Morgan fingerprint density at radius 3 is 0.873 bits per heavy atom. The number of benzene rings is 2. The Labute approximate surface area is 363 Å². The summed E-state index contributed by atoms with van der Waals surface area (Å²) in [5, 5.41) is 1.02. The van der Waals surface area contributed by atoms with Gasteiger partial charge in [0.1, 0.15) is 32.9 Å². The molecule has 2 aromatic carbocycles. The Morgan fingerprint density at radius 1 is 0.491 bits per heavy atom. The van der Waals surface area contributed by atoms with Crippen molar-refractivity contribution in [2.45, 2.75) is 180 Å². The van der Waals surface area contributed by atoms with E-state index >= 15 is 0 Å². The van der Waals surface area contributed by atoms with E-state index in [0.717, 1.165) is 13.1 Å². The van der Waals surface area contributed by atoms with Gasteiger partial charge in [-0.2, -0.15) is 0 Å². The number of rotatable bonds is 10. The predicted octanol–water partition coefficient (Wildman–Crippen LogP) is 14.5. The zero-order valence-electron chi connectivity index (χ0n) is 38.4. The number of halogens is 2. The molecule has 0 aromatic heterocycles. The Kier molecular flexibility index (Phi) is 15.8. The summed E-state index contributed by atoms with van der Waals surface area (Å²) in [4.78, 5) is 11.4. The van der Waals surface area contributed by atoms with E-state index in [4.69, 9.17) is 9.98 Å². The Hall–Kier alpha value is 0.0210. The average Bonchev–Trinajstić information content (AvgIpc) is 3.03. The zero-order chi connectivity index (χ0) is 42.4. The third-order valence-electron chi connectivity index (χ3n) is 15.5. The van der Waals surface area contributed by atoms with Crippen molar-refractivity contribution in [1.29, 1.82) is 0 Å². The Bertz CT molecular complexity index is 1450. The van der Waals surface area contributed by atoms with Crippen LogP contribution in [0.5, 0.6) is 0 Å². The summed E-state index contributed by atoms with van der Waals surface area (Å²) in [5.74, 6) is 0.420. The second-order valence-corrected chi connectivity index (χ2v) is 48.9. The summed E-state index contributed by atoms with van der Waals surface area (Å²) in [6, 6.07) is 18.6. The molecule has 11 heteroatoms. The van der Waals surface area contributed by atoms with Crippen molar-refractivity contribution in [2.24, 2.45) is 9.98 Å². The second kappa shape index (κ2) is 17.6. The average molecular weight is 994 g/mol. The molecule has 0 saturated carbocycles. The van der Waals surface area contributed by atoms with Gasteiger partial charge in [-0.05, 0) is 42.4 Å². The van der Waals surface area contributed by atoms with E-state index in [9.17, 15) is 0 Å². The fourth-order valence-electron chi connectivity index (χ4n) is 8.40. The van der Waals surface area contributed by atoms with Crippen LogP contribution in [0.25, 0.3) is 0 Å². The topological polar surface area (TPSA) is 31.2 Å². The van der Waals surface area contributed by atoms with Gasteiger partial charge < -0.3 is 8.46 Å². The van der Waals surface area contributed by atoms with Gasteiger partial charge in [0.15, 0.2) is 0 Å². The molecule has 0 saturated heterocycles. The van der Waals surface area contributed by atoms with Crippen LogP contribution in [0, 0.1) is 0 Å². The minimum absolute atomic E-state index is 0.0703. The van der Waals surface area contributed by atoms with Gasteiger partial charge >= 0.3 is 39.3 Å². The number of nitrogens with zero attached hydrogens (tertiary/aromatic N) is 4. The molecule has 2 aromatic rings. The van der Waals surface area contributed by atoms with Crippen LogP contribution < -0.4 is 0 Å². The van der Waals surface area contributed by atoms with E-state index in [1.54, 1.807) is 0 Å². The second-order valence-electron chi connectivity index (χ2n) is 22.4. The van der Waals surface area contributed by atoms with E-state index in [0.29, 0.717) is 0 Å². The molecular formula is C44H78Br2N4NiSi4+2. The summed E-state index contributed by atoms with van der Waals surface area (Å²) in [5.41, 5.74) is 5.81. The maximum atomic E-state index is 5.72. The van der Waals surface area contributed by atoms with Crippen LogP contribution in [0.2, 0.25) is 72.5 Å². The van der Waals surface area contributed by atoms with Gasteiger partial charge in [-0.3, -0.25) is 9.98 Å². The van der Waals surface area contributed by atoms with Crippen LogP contribution in [-0.4, -0.2) is 79.0 Å². The van der Waals surface area contributed by atoms with Crippen molar-refractivity contribution < 1.29 is 10.9 Å². The first-order valence-corrected chi connectivity index (χ1v) is 37.1. The van der Waals surface area contributed by atoms with E-state index in [-0.39, 0.29) is 44.1 Å². The zero-order valence-corrected chi connectivity index (χ0v) is 46.5. The molecular weight excluding hydrogens is 915 g/mol. The first-order chi connectivity index (χ1) is 24.8. The fraction of sp³-hybridized carbons (Fsp3) is 0.682. The molecule has 55 heavy (non-hydrogen) atoms. The molecule has 2 atom stereocenters. The molecule has 0 unspecified atom stereocenters. The van der Waals surface area contributed by atoms with Crippen molar-refractivity contribution in [3.05, 3.63) is 70.8 Å². The van der Waals surface area contributed by atoms with Gasteiger partial charge in [-0.15, -0.1) is 0 Å². The van der Waals surface area contributed by atoms with Gasteiger partial charge in [-0.25, -0.2) is 0 Å². The van der Waals surface area contributed by atoms with Crippen molar-refractivity contribution in [3.63, 3.8) is 0 Å². The fourth-order valence-corrected chi connectivity index (χ4v) is 29.0. The summed E-state index contributed by atoms with van der Waals surface area (Å²) in [6.07, 6.45) is 4.69. The van der Waals surface area contributed by atoms with Crippen LogP contribution in [0.15, 0.2) is 58.5 Å². The molecule has 0 fully saturated rings. The van der Waals surface area contributed by atoms with Crippen LogP contribution >= 0.6 is 28.5 Å². The van der Waals surface area contributed by atoms with Gasteiger partial charge in [0.25, 0.3) is 0 Å². The molecule has 5 rings (SSSR count). The van der Waals surface area contributed by atoms with Gasteiger partial charge in [0, 0.05) is 37.4 Å². The molecule has 0 heterocycles. The van der Waals surface area contributed by atoms with Crippen molar-refractivity contribution in [1.82, 2.24) is 8.46 Å². The minimum atomic E-state index is -1.84. The molecule has 0 N–H and O–H groups in total. The standard InChI is InChI=1S/C44H78N4Si4.2BrH.Ni/c1-41(2,3)49(13,14)47(50(15,16)42(4,5)6)31-29-45-39-37-33-25-21-23-27-35(33)38(36-28-24-22-26-34(36)37)40(39)46-30-32-48(51(17,18)43(7,8)9)52(19,20)44(10,11)12;;;/h21-30,37-40H,31-32H2,1-20H3;2*1H;/q;;;+4/p-2/t37?,38?,39-,40-;;;/m1.../s1. The van der Waals surface area contributed by atoms with E-state index in [1.807, 2.05) is 0 Å². The maximum absolute atomic E-state index is 5.72. The molecule has 0 radical (unpaired) electrons. The first kappa shape index (κ1) is 49.4. The molecule has 3 aliphatic carbocycles. The third-order valence-corrected chi connectivity index (χ3v) is 43.0. The summed E-state index contributed by atoms with van der Waals surface area (Å²) in [7, 11) is -6.11.